The minimum atomic E-state index is -0.531. The van der Waals surface area contributed by atoms with Crippen molar-refractivity contribution in [3.05, 3.63) is 58.0 Å². The Hall–Kier alpha value is -2.96. The summed E-state index contributed by atoms with van der Waals surface area (Å²) in [4.78, 5) is 33.1. The highest BCUT2D eigenvalue weighted by atomic mass is 16.3. The number of carbonyl (C=O) groups is 1. The van der Waals surface area contributed by atoms with E-state index in [0.29, 0.717) is 23.5 Å². The van der Waals surface area contributed by atoms with Crippen molar-refractivity contribution in [3.63, 3.8) is 0 Å². The molecule has 3 rings (SSSR count). The molecule has 23 heavy (non-hydrogen) atoms. The number of fused-ring (bicyclic) bond motifs is 1. The van der Waals surface area contributed by atoms with Crippen molar-refractivity contribution in [2.75, 3.05) is 0 Å². The Bertz CT molecular complexity index is 926. The Morgan fingerprint density at radius 2 is 2.17 bits per heavy atom. The first-order valence-electron chi connectivity index (χ1n) is 7.29. The fourth-order valence-corrected chi connectivity index (χ4v) is 2.35. The van der Waals surface area contributed by atoms with Gasteiger partial charge in [-0.25, -0.2) is 9.97 Å². The van der Waals surface area contributed by atoms with Crippen LogP contribution in [0.15, 0.2) is 39.7 Å². The van der Waals surface area contributed by atoms with E-state index < -0.39 is 11.5 Å². The Labute approximate surface area is 132 Å². The molecule has 0 fully saturated rings. The summed E-state index contributed by atoms with van der Waals surface area (Å²) in [6.45, 7) is 4.25. The average molecular weight is 312 g/mol. The molecule has 3 aromatic rings. The molecular formula is C16H16N4O3. The molecule has 0 aliphatic rings. The minimum absolute atomic E-state index is 0.143. The maximum atomic E-state index is 12.4. The van der Waals surface area contributed by atoms with Gasteiger partial charge in [0.15, 0.2) is 11.3 Å². The van der Waals surface area contributed by atoms with Crippen molar-refractivity contribution in [1.29, 1.82) is 0 Å². The van der Waals surface area contributed by atoms with E-state index in [-0.39, 0.29) is 12.2 Å². The van der Waals surface area contributed by atoms with Gasteiger partial charge < -0.3 is 9.73 Å². The highest BCUT2D eigenvalue weighted by Crippen LogP contribution is 2.08. The van der Waals surface area contributed by atoms with Crippen LogP contribution in [0, 0.1) is 6.92 Å². The van der Waals surface area contributed by atoms with E-state index >= 15 is 0 Å². The molecule has 0 saturated carbocycles. The summed E-state index contributed by atoms with van der Waals surface area (Å²) < 4.78 is 6.83. The van der Waals surface area contributed by atoms with Gasteiger partial charge in [0.1, 0.15) is 17.0 Å². The zero-order valence-electron chi connectivity index (χ0n) is 12.9. The van der Waals surface area contributed by atoms with E-state index in [9.17, 15) is 9.59 Å². The third-order valence-electron chi connectivity index (χ3n) is 3.45. The molecule has 7 heteroatoms. The van der Waals surface area contributed by atoms with Gasteiger partial charge in [0.25, 0.3) is 11.5 Å². The van der Waals surface area contributed by atoms with Gasteiger partial charge in [-0.1, -0.05) is 0 Å². The van der Waals surface area contributed by atoms with Gasteiger partial charge in [-0.3, -0.25) is 14.2 Å². The van der Waals surface area contributed by atoms with Crippen LogP contribution in [0.25, 0.3) is 11.2 Å². The molecule has 0 aliphatic heterocycles. The third kappa shape index (κ3) is 2.85. The van der Waals surface area contributed by atoms with Crippen LogP contribution in [-0.2, 0) is 13.1 Å². The second-order valence-corrected chi connectivity index (χ2v) is 5.05. The molecule has 1 N–H and O–H groups in total. The lowest BCUT2D eigenvalue weighted by Crippen LogP contribution is -2.34. The van der Waals surface area contributed by atoms with Crippen LogP contribution >= 0.6 is 0 Å². The summed E-state index contributed by atoms with van der Waals surface area (Å²) in [5.74, 6) is 0.851. The largest absolute Gasteiger partial charge is 0.465 e. The van der Waals surface area contributed by atoms with Crippen LogP contribution in [-0.4, -0.2) is 20.4 Å². The van der Waals surface area contributed by atoms with Crippen LogP contribution in [0.5, 0.6) is 0 Å². The van der Waals surface area contributed by atoms with Gasteiger partial charge in [-0.05, 0) is 38.1 Å². The molecule has 7 nitrogen and oxygen atoms in total. The number of furan rings is 1. The molecule has 0 bridgehead atoms. The number of aryl methyl sites for hydroxylation is 2. The third-order valence-corrected chi connectivity index (χ3v) is 3.45. The average Bonchev–Trinajstić information content (AvgIpc) is 2.97. The van der Waals surface area contributed by atoms with Crippen LogP contribution in [0.3, 0.4) is 0 Å². The summed E-state index contributed by atoms with van der Waals surface area (Å²) >= 11 is 0. The number of rotatable bonds is 4. The molecular weight excluding hydrogens is 296 g/mol. The number of hydrogen-bond acceptors (Lipinski definition) is 5. The standard InChI is InChI=1S/C16H16N4O3/c1-3-20-14-12(5-4-8-17-14)19-13(16(20)22)15(21)18-9-11-7-6-10(2)23-11/h4-8H,3,9H2,1-2H3,(H,18,21). The lowest BCUT2D eigenvalue weighted by Gasteiger charge is -2.09. The SMILES string of the molecule is CCn1c(=O)c(C(=O)NCc2ccc(C)o2)nc2cccnc21. The fraction of sp³-hybridized carbons (Fsp3) is 0.250. The Morgan fingerprint density at radius 1 is 1.35 bits per heavy atom. The maximum absolute atomic E-state index is 12.4. The predicted molar refractivity (Wildman–Crippen MR) is 84.1 cm³/mol. The first kappa shape index (κ1) is 15.0. The summed E-state index contributed by atoms with van der Waals surface area (Å²) in [6, 6.07) is 7.02. The number of carbonyl (C=O) groups excluding carboxylic acids is 1. The normalized spacial score (nSPS) is 10.9. The van der Waals surface area contributed by atoms with Crippen molar-refractivity contribution in [1.82, 2.24) is 19.9 Å². The molecule has 118 valence electrons. The quantitative estimate of drug-likeness (QED) is 0.791. The molecule has 0 atom stereocenters. The van der Waals surface area contributed by atoms with E-state index in [1.165, 1.54) is 4.57 Å². The van der Waals surface area contributed by atoms with Crippen LogP contribution in [0.4, 0.5) is 0 Å². The monoisotopic (exact) mass is 312 g/mol. The van der Waals surface area contributed by atoms with E-state index in [0.717, 1.165) is 5.76 Å². The van der Waals surface area contributed by atoms with Crippen molar-refractivity contribution in [2.24, 2.45) is 0 Å². The highest BCUT2D eigenvalue weighted by Gasteiger charge is 2.17. The molecule has 0 saturated heterocycles. The van der Waals surface area contributed by atoms with Gasteiger partial charge in [0.2, 0.25) is 0 Å². The summed E-state index contributed by atoms with van der Waals surface area (Å²) in [5.41, 5.74) is 0.383. The van der Waals surface area contributed by atoms with Crippen LogP contribution in [0.1, 0.15) is 28.9 Å². The molecule has 0 aliphatic carbocycles. The van der Waals surface area contributed by atoms with Gasteiger partial charge in [0, 0.05) is 12.7 Å². The van der Waals surface area contributed by atoms with Gasteiger partial charge in [0.05, 0.1) is 6.54 Å². The minimum Gasteiger partial charge on any atom is -0.465 e. The smallest absolute Gasteiger partial charge is 0.283 e. The Balaban J connectivity index is 1.94. The zero-order valence-corrected chi connectivity index (χ0v) is 12.9. The topological polar surface area (TPSA) is 90.0 Å². The molecule has 0 unspecified atom stereocenters. The van der Waals surface area contributed by atoms with Gasteiger partial charge in [-0.15, -0.1) is 0 Å². The van der Waals surface area contributed by atoms with E-state index in [4.69, 9.17) is 4.42 Å². The Morgan fingerprint density at radius 3 is 2.87 bits per heavy atom. The van der Waals surface area contributed by atoms with Crippen LogP contribution < -0.4 is 10.9 Å². The van der Waals surface area contributed by atoms with Crippen molar-refractivity contribution < 1.29 is 9.21 Å². The number of hydrogen-bond donors (Lipinski definition) is 1. The highest BCUT2D eigenvalue weighted by molar-refractivity contribution is 5.93. The zero-order chi connectivity index (χ0) is 16.4. The molecule has 0 aromatic carbocycles. The predicted octanol–water partition coefficient (Wildman–Crippen LogP) is 1.64. The van der Waals surface area contributed by atoms with Gasteiger partial charge in [-0.2, -0.15) is 0 Å². The molecule has 3 aromatic heterocycles. The van der Waals surface area contributed by atoms with Crippen LogP contribution in [0.2, 0.25) is 0 Å². The first-order valence-corrected chi connectivity index (χ1v) is 7.29. The molecule has 0 radical (unpaired) electrons. The number of nitrogens with zero attached hydrogens (tertiary/aromatic N) is 3. The van der Waals surface area contributed by atoms with E-state index in [1.54, 1.807) is 24.4 Å². The summed E-state index contributed by atoms with van der Waals surface area (Å²) in [5, 5.41) is 2.66. The lowest BCUT2D eigenvalue weighted by molar-refractivity contribution is 0.0941. The Kier molecular flexibility index (Phi) is 3.92. The van der Waals surface area contributed by atoms with Crippen molar-refractivity contribution in [3.8, 4) is 0 Å². The number of amides is 1. The van der Waals surface area contributed by atoms with E-state index in [2.05, 4.69) is 15.3 Å². The molecule has 3 heterocycles. The first-order chi connectivity index (χ1) is 11.1. The molecule has 1 amide bonds. The fourth-order valence-electron chi connectivity index (χ4n) is 2.35. The molecule has 0 spiro atoms. The summed E-state index contributed by atoms with van der Waals surface area (Å²) in [7, 11) is 0. The number of pyridine rings is 1. The van der Waals surface area contributed by atoms with E-state index in [1.807, 2.05) is 19.9 Å². The number of aromatic nitrogens is 3. The van der Waals surface area contributed by atoms with Gasteiger partial charge >= 0.3 is 0 Å². The summed E-state index contributed by atoms with van der Waals surface area (Å²) in [6.07, 6.45) is 1.59. The van der Waals surface area contributed by atoms with Crippen molar-refractivity contribution >= 4 is 17.1 Å². The second kappa shape index (κ2) is 6.04. The van der Waals surface area contributed by atoms with Crippen molar-refractivity contribution in [2.45, 2.75) is 26.9 Å². The second-order valence-electron chi connectivity index (χ2n) is 5.05. The lowest BCUT2D eigenvalue weighted by atomic mass is 10.3. The maximum Gasteiger partial charge on any atom is 0.283 e. The number of nitrogens with one attached hydrogen (secondary N) is 1.